The Kier molecular flexibility index (Phi) is 10.6. The number of nitrogen functional groups attached to an aromatic ring is 1. The van der Waals surface area contributed by atoms with Crippen molar-refractivity contribution in [3.8, 4) is 11.3 Å². The zero-order chi connectivity index (χ0) is 27.5. The van der Waals surface area contributed by atoms with Crippen LogP contribution >= 0.6 is 0 Å². The number of benzene rings is 2. The molecule has 0 aliphatic heterocycles. The van der Waals surface area contributed by atoms with Crippen LogP contribution in [-0.2, 0) is 17.8 Å². The highest BCUT2D eigenvalue weighted by Gasteiger charge is 2.15. The Morgan fingerprint density at radius 1 is 1.19 bits per heavy atom. The maximum absolute atomic E-state index is 12.6. The van der Waals surface area contributed by atoms with Gasteiger partial charge in [-0.1, -0.05) is 29.4 Å². The van der Waals surface area contributed by atoms with Gasteiger partial charge in [0.2, 0.25) is 0 Å². The highest BCUT2D eigenvalue weighted by Crippen LogP contribution is 2.23. The van der Waals surface area contributed by atoms with Gasteiger partial charge in [-0.2, -0.15) is 0 Å². The molecule has 0 aliphatic carbocycles. The zero-order valence-electron chi connectivity index (χ0n) is 21.8. The molecule has 3 aromatic rings. The first kappa shape index (κ1) is 28.9. The minimum Gasteiger partial charge on any atom is -0.465 e. The monoisotopic (exact) mass is 509 g/mol. The zero-order valence-corrected chi connectivity index (χ0v) is 21.8. The molecule has 0 saturated carbocycles. The number of carbonyl (C=O) groups is 1. The van der Waals surface area contributed by atoms with E-state index in [1.165, 1.54) is 13.2 Å². The van der Waals surface area contributed by atoms with Crippen LogP contribution in [0.25, 0.3) is 11.3 Å². The molecule has 0 unspecified atom stereocenters. The van der Waals surface area contributed by atoms with E-state index in [0.29, 0.717) is 34.9 Å². The first-order chi connectivity index (χ1) is 17.6. The van der Waals surface area contributed by atoms with E-state index < -0.39 is 5.97 Å². The molecule has 0 atom stereocenters. The van der Waals surface area contributed by atoms with E-state index in [0.717, 1.165) is 17.7 Å². The van der Waals surface area contributed by atoms with E-state index in [9.17, 15) is 9.59 Å². The van der Waals surface area contributed by atoms with Crippen molar-refractivity contribution >= 4 is 23.3 Å². The average molecular weight is 510 g/mol. The lowest BCUT2D eigenvalue weighted by atomic mass is 10.1. The maximum Gasteiger partial charge on any atom is 0.337 e. The fourth-order valence-electron chi connectivity index (χ4n) is 3.50. The van der Waals surface area contributed by atoms with Gasteiger partial charge in [0, 0.05) is 35.9 Å². The van der Waals surface area contributed by atoms with E-state index >= 15 is 0 Å². The number of nitrogens with two attached hydrogens (primary N) is 2. The molecule has 37 heavy (non-hydrogen) atoms. The molecule has 3 rings (SSSR count). The number of hydrogen-bond acceptors (Lipinski definition) is 9. The maximum atomic E-state index is 12.6. The second kappa shape index (κ2) is 13.6. The van der Waals surface area contributed by atoms with Crippen molar-refractivity contribution in [2.24, 2.45) is 10.9 Å². The minimum atomic E-state index is -0.486. The van der Waals surface area contributed by atoms with Gasteiger partial charge in [-0.05, 0) is 51.6 Å². The van der Waals surface area contributed by atoms with Gasteiger partial charge in [-0.25, -0.2) is 9.78 Å². The number of nitrogens with one attached hydrogen (secondary N) is 2. The predicted molar refractivity (Wildman–Crippen MR) is 146 cm³/mol. The van der Waals surface area contributed by atoms with Gasteiger partial charge in [-0.15, -0.1) is 0 Å². The minimum absolute atomic E-state index is 0.0969. The molecule has 11 nitrogen and oxygen atoms in total. The van der Waals surface area contributed by atoms with Crippen molar-refractivity contribution in [3.05, 3.63) is 75.7 Å². The van der Waals surface area contributed by atoms with Gasteiger partial charge in [-0.3, -0.25) is 4.79 Å². The Hall–Kier alpha value is -4.38. The van der Waals surface area contributed by atoms with Crippen LogP contribution < -0.4 is 27.7 Å². The molecule has 2 aromatic carbocycles. The van der Waals surface area contributed by atoms with Crippen LogP contribution in [0.15, 0.2) is 58.6 Å². The van der Waals surface area contributed by atoms with Crippen molar-refractivity contribution in [1.82, 2.24) is 14.9 Å². The van der Waals surface area contributed by atoms with Gasteiger partial charge < -0.3 is 36.6 Å². The summed E-state index contributed by atoms with van der Waals surface area (Å²) in [5.74, 6) is -0.0521. The molecule has 0 radical (unpaired) electrons. The lowest BCUT2D eigenvalue weighted by Gasteiger charge is -2.15. The third-order valence-corrected chi connectivity index (χ3v) is 5.21. The van der Waals surface area contributed by atoms with E-state index in [-0.39, 0.29) is 17.4 Å². The number of esters is 1. The third-order valence-electron chi connectivity index (χ3n) is 5.21. The highest BCUT2D eigenvalue weighted by atomic mass is 16.5. The van der Waals surface area contributed by atoms with Crippen molar-refractivity contribution in [3.63, 3.8) is 0 Å². The Balaban J connectivity index is 0.000000312. The molecule has 1 heterocycles. The molecular weight excluding hydrogens is 474 g/mol. The number of hydrogen-bond donors (Lipinski definition) is 5. The first-order valence-electron chi connectivity index (χ1n) is 11.7. The van der Waals surface area contributed by atoms with Crippen LogP contribution in [-0.4, -0.2) is 46.8 Å². The first-order valence-corrected chi connectivity index (χ1v) is 11.7. The van der Waals surface area contributed by atoms with Crippen molar-refractivity contribution < 1.29 is 14.7 Å². The number of rotatable bonds is 8. The second-order valence-electron chi connectivity index (χ2n) is 8.39. The summed E-state index contributed by atoms with van der Waals surface area (Å²) in [7, 11) is 3.19. The topological polar surface area (TPSA) is 170 Å². The Morgan fingerprint density at radius 2 is 1.86 bits per heavy atom. The van der Waals surface area contributed by atoms with Crippen molar-refractivity contribution in [1.29, 1.82) is 0 Å². The van der Waals surface area contributed by atoms with Crippen LogP contribution in [0.5, 0.6) is 0 Å². The lowest BCUT2D eigenvalue weighted by molar-refractivity contribution is 0.0601. The fraction of sp³-hybridized carbons (Fsp3) is 0.308. The summed E-state index contributed by atoms with van der Waals surface area (Å²) in [6.45, 7) is 7.03. The quantitative estimate of drug-likeness (QED) is 0.0765. The summed E-state index contributed by atoms with van der Waals surface area (Å²) in [6.07, 6.45) is 1.60. The van der Waals surface area contributed by atoms with Crippen LogP contribution in [0.1, 0.15) is 42.3 Å². The number of anilines is 2. The largest absolute Gasteiger partial charge is 0.465 e. The predicted octanol–water partition coefficient (Wildman–Crippen LogP) is 2.62. The summed E-state index contributed by atoms with van der Waals surface area (Å²) in [5.41, 5.74) is 14.9. The SMILES string of the molecule is CCn1c(-c2cc(N)cc(C(=O)OC)c2)cnc(NC(C)C)c1=O.CNCc1ccc(/C(N)=N/O)cc1. The molecular formula is C26H35N7O4. The average Bonchev–Trinajstić information content (AvgIpc) is 2.89. The van der Waals surface area contributed by atoms with Gasteiger partial charge in [0.25, 0.3) is 5.56 Å². The number of oxime groups is 1. The van der Waals surface area contributed by atoms with Crippen LogP contribution in [0.4, 0.5) is 11.5 Å². The molecule has 0 bridgehead atoms. The number of aromatic nitrogens is 2. The normalized spacial score (nSPS) is 11.0. The standard InChI is InChI=1S/C17H22N4O3.C9H13N3O/c1-5-21-14(9-19-15(16(21)22)20-10(2)3)11-6-12(17(23)24-4)8-13(18)7-11;1-11-6-7-2-4-8(5-3-7)9(10)12-13/h6-10H,5,18H2,1-4H3,(H,19,20);2-5,11,13H,6H2,1H3,(H2,10,12). The number of carbonyl (C=O) groups excluding carboxylic acids is 1. The summed E-state index contributed by atoms with van der Waals surface area (Å²) in [6, 6.07) is 12.5. The smallest absolute Gasteiger partial charge is 0.337 e. The van der Waals surface area contributed by atoms with Crippen molar-refractivity contribution in [2.75, 3.05) is 25.2 Å². The third kappa shape index (κ3) is 7.80. The van der Waals surface area contributed by atoms with E-state index in [2.05, 4.69) is 20.8 Å². The van der Waals surface area contributed by atoms with E-state index in [1.54, 1.807) is 22.9 Å². The van der Waals surface area contributed by atoms with Gasteiger partial charge in [0.05, 0.1) is 24.6 Å². The number of ether oxygens (including phenoxy) is 1. The van der Waals surface area contributed by atoms with Crippen LogP contribution in [0.2, 0.25) is 0 Å². The molecule has 7 N–H and O–H groups in total. The fourth-order valence-corrected chi connectivity index (χ4v) is 3.50. The highest BCUT2D eigenvalue weighted by molar-refractivity contribution is 5.97. The number of methoxy groups -OCH3 is 1. The van der Waals surface area contributed by atoms with Gasteiger partial charge in [0.1, 0.15) is 0 Å². The molecule has 0 amide bonds. The van der Waals surface area contributed by atoms with Gasteiger partial charge >= 0.3 is 5.97 Å². The molecule has 0 aliphatic rings. The molecule has 198 valence electrons. The van der Waals surface area contributed by atoms with E-state index in [1.807, 2.05) is 52.1 Å². The van der Waals surface area contributed by atoms with Crippen LogP contribution in [0, 0.1) is 0 Å². The molecule has 0 fully saturated rings. The molecule has 0 saturated heterocycles. The van der Waals surface area contributed by atoms with Crippen LogP contribution in [0.3, 0.4) is 0 Å². The van der Waals surface area contributed by atoms with Crippen molar-refractivity contribution in [2.45, 2.75) is 39.9 Å². The second-order valence-corrected chi connectivity index (χ2v) is 8.39. The summed E-state index contributed by atoms with van der Waals surface area (Å²) >= 11 is 0. The van der Waals surface area contributed by atoms with E-state index in [4.69, 9.17) is 21.4 Å². The summed E-state index contributed by atoms with van der Waals surface area (Å²) < 4.78 is 6.33. The van der Waals surface area contributed by atoms with Gasteiger partial charge in [0.15, 0.2) is 11.7 Å². The molecule has 11 heteroatoms. The molecule has 1 aromatic heterocycles. The Morgan fingerprint density at radius 3 is 2.41 bits per heavy atom. The summed E-state index contributed by atoms with van der Waals surface area (Å²) in [5, 5.41) is 17.4. The molecule has 0 spiro atoms. The Labute approximate surface area is 216 Å². The number of amidine groups is 1. The Bertz CT molecular complexity index is 1290. The lowest BCUT2D eigenvalue weighted by Crippen LogP contribution is -2.27. The summed E-state index contributed by atoms with van der Waals surface area (Å²) in [4.78, 5) is 28.6. The number of nitrogens with zero attached hydrogens (tertiary/aromatic N) is 3.